The molecule has 16 heavy (non-hydrogen) atoms. The van der Waals surface area contributed by atoms with E-state index in [1.54, 1.807) is 11.3 Å². The molecule has 1 nitrogen and oxygen atoms in total. The van der Waals surface area contributed by atoms with Crippen LogP contribution < -0.4 is 5.32 Å². The van der Waals surface area contributed by atoms with Gasteiger partial charge in [0.15, 0.2) is 0 Å². The van der Waals surface area contributed by atoms with Crippen molar-refractivity contribution in [3.8, 4) is 0 Å². The van der Waals surface area contributed by atoms with Crippen molar-refractivity contribution in [2.75, 3.05) is 0 Å². The lowest BCUT2D eigenvalue weighted by Gasteiger charge is -2.19. The number of hydrogen-bond acceptors (Lipinski definition) is 2. The molecule has 0 bridgehead atoms. The molecule has 1 aromatic carbocycles. The molecule has 1 aromatic heterocycles. The highest BCUT2D eigenvalue weighted by molar-refractivity contribution is 7.10. The zero-order valence-electron chi connectivity index (χ0n) is 9.68. The quantitative estimate of drug-likeness (QED) is 0.833. The Morgan fingerprint density at radius 3 is 2.31 bits per heavy atom. The summed E-state index contributed by atoms with van der Waals surface area (Å²) in [5, 5.41) is 5.73. The summed E-state index contributed by atoms with van der Waals surface area (Å²) >= 11 is 1.81. The lowest BCUT2D eigenvalue weighted by atomic mass is 10.1. The molecule has 2 aromatic rings. The Balaban J connectivity index is 2.00. The largest absolute Gasteiger partial charge is 0.303 e. The minimum absolute atomic E-state index is 0.387. The van der Waals surface area contributed by atoms with Gasteiger partial charge in [0.1, 0.15) is 0 Å². The number of thiophene rings is 1. The number of nitrogens with one attached hydrogen (secondary N) is 1. The Bertz CT molecular complexity index is 408. The Hall–Kier alpha value is -1.12. The van der Waals surface area contributed by atoms with Crippen molar-refractivity contribution < 1.29 is 0 Å². The lowest BCUT2D eigenvalue weighted by molar-refractivity contribution is 0.500. The molecule has 0 saturated heterocycles. The van der Waals surface area contributed by atoms with Crippen molar-refractivity contribution in [3.05, 3.63) is 58.3 Å². The van der Waals surface area contributed by atoms with Gasteiger partial charge in [-0.1, -0.05) is 36.4 Å². The molecular weight excluding hydrogens is 214 g/mol. The van der Waals surface area contributed by atoms with Gasteiger partial charge in [0.2, 0.25) is 0 Å². The normalized spacial score (nSPS) is 14.6. The number of hydrogen-bond donors (Lipinski definition) is 1. The van der Waals surface area contributed by atoms with Crippen molar-refractivity contribution in [3.63, 3.8) is 0 Å². The molecule has 0 radical (unpaired) electrons. The van der Waals surface area contributed by atoms with Crippen LogP contribution in [-0.2, 0) is 0 Å². The van der Waals surface area contributed by atoms with E-state index in [2.05, 4.69) is 67.0 Å². The minimum atomic E-state index is 0.387. The summed E-state index contributed by atoms with van der Waals surface area (Å²) in [4.78, 5) is 1.39. The molecule has 84 valence electrons. The molecule has 0 aliphatic rings. The van der Waals surface area contributed by atoms with Gasteiger partial charge < -0.3 is 5.32 Å². The standard InChI is InChI=1S/C14H17NS/c1-11(13-7-4-3-5-8-13)15-12(2)14-9-6-10-16-14/h3-12,15H,1-2H3. The van der Waals surface area contributed by atoms with E-state index in [4.69, 9.17) is 0 Å². The lowest BCUT2D eigenvalue weighted by Crippen LogP contribution is -2.21. The summed E-state index contributed by atoms with van der Waals surface area (Å²) in [7, 11) is 0. The molecule has 1 N–H and O–H groups in total. The van der Waals surface area contributed by atoms with E-state index in [9.17, 15) is 0 Å². The predicted octanol–water partition coefficient (Wildman–Crippen LogP) is 4.16. The molecule has 0 aliphatic heterocycles. The zero-order chi connectivity index (χ0) is 11.4. The van der Waals surface area contributed by atoms with Gasteiger partial charge in [-0.2, -0.15) is 0 Å². The summed E-state index contributed by atoms with van der Waals surface area (Å²) in [5.74, 6) is 0. The molecule has 2 atom stereocenters. The third-order valence-corrected chi connectivity index (χ3v) is 3.82. The molecule has 0 aliphatic carbocycles. The van der Waals surface area contributed by atoms with E-state index in [0.717, 1.165) is 0 Å². The molecule has 2 unspecified atom stereocenters. The molecule has 1 heterocycles. The fraction of sp³-hybridized carbons (Fsp3) is 0.286. The maximum Gasteiger partial charge on any atom is 0.0391 e. The first-order chi connectivity index (χ1) is 7.77. The van der Waals surface area contributed by atoms with Crippen LogP contribution in [0.4, 0.5) is 0 Å². The number of rotatable bonds is 4. The Morgan fingerprint density at radius 2 is 1.69 bits per heavy atom. The van der Waals surface area contributed by atoms with Crippen molar-refractivity contribution in [2.45, 2.75) is 25.9 Å². The van der Waals surface area contributed by atoms with Gasteiger partial charge in [-0.3, -0.25) is 0 Å². The van der Waals surface area contributed by atoms with E-state index in [0.29, 0.717) is 12.1 Å². The summed E-state index contributed by atoms with van der Waals surface area (Å²) in [5.41, 5.74) is 1.34. The third kappa shape index (κ3) is 2.71. The van der Waals surface area contributed by atoms with Crippen LogP contribution in [0, 0.1) is 0 Å². The smallest absolute Gasteiger partial charge is 0.0391 e. The first-order valence-corrected chi connectivity index (χ1v) is 6.49. The van der Waals surface area contributed by atoms with Crippen molar-refractivity contribution in [1.29, 1.82) is 0 Å². The van der Waals surface area contributed by atoms with Gasteiger partial charge in [0.05, 0.1) is 0 Å². The van der Waals surface area contributed by atoms with E-state index >= 15 is 0 Å². The average Bonchev–Trinajstić information content (AvgIpc) is 2.83. The predicted molar refractivity (Wildman–Crippen MR) is 70.7 cm³/mol. The van der Waals surface area contributed by atoms with E-state index in [-0.39, 0.29) is 0 Å². The van der Waals surface area contributed by atoms with Gasteiger partial charge >= 0.3 is 0 Å². The summed E-state index contributed by atoms with van der Waals surface area (Å²) in [6.45, 7) is 4.42. The monoisotopic (exact) mass is 231 g/mol. The van der Waals surface area contributed by atoms with Gasteiger partial charge in [0, 0.05) is 17.0 Å². The van der Waals surface area contributed by atoms with E-state index in [1.165, 1.54) is 10.4 Å². The van der Waals surface area contributed by atoms with Crippen LogP contribution in [-0.4, -0.2) is 0 Å². The molecule has 2 heteroatoms. The van der Waals surface area contributed by atoms with E-state index in [1.807, 2.05) is 0 Å². The molecule has 0 spiro atoms. The van der Waals surface area contributed by atoms with Gasteiger partial charge in [-0.25, -0.2) is 0 Å². The van der Waals surface area contributed by atoms with Crippen molar-refractivity contribution >= 4 is 11.3 Å². The van der Waals surface area contributed by atoms with Crippen LogP contribution in [0.2, 0.25) is 0 Å². The third-order valence-electron chi connectivity index (χ3n) is 2.77. The molecule has 2 rings (SSSR count). The second-order valence-electron chi connectivity index (χ2n) is 4.04. The summed E-state index contributed by atoms with van der Waals surface area (Å²) in [6, 6.07) is 15.6. The molecular formula is C14H17NS. The SMILES string of the molecule is CC(NC(C)c1cccs1)c1ccccc1. The molecule has 0 fully saturated rings. The van der Waals surface area contributed by atoms with Crippen molar-refractivity contribution in [2.24, 2.45) is 0 Å². The Labute approximate surface area is 101 Å². The van der Waals surface area contributed by atoms with Crippen LogP contribution in [0.3, 0.4) is 0 Å². The molecule has 0 amide bonds. The second kappa shape index (κ2) is 5.28. The average molecular weight is 231 g/mol. The van der Waals surface area contributed by atoms with Crippen LogP contribution in [0.5, 0.6) is 0 Å². The minimum Gasteiger partial charge on any atom is -0.303 e. The second-order valence-corrected chi connectivity index (χ2v) is 5.02. The van der Waals surface area contributed by atoms with Crippen molar-refractivity contribution in [1.82, 2.24) is 5.32 Å². The highest BCUT2D eigenvalue weighted by atomic mass is 32.1. The van der Waals surface area contributed by atoms with Gasteiger partial charge in [-0.05, 0) is 30.9 Å². The fourth-order valence-electron chi connectivity index (χ4n) is 1.83. The van der Waals surface area contributed by atoms with E-state index < -0.39 is 0 Å². The van der Waals surface area contributed by atoms with Crippen LogP contribution in [0.1, 0.15) is 36.4 Å². The maximum atomic E-state index is 3.61. The zero-order valence-corrected chi connectivity index (χ0v) is 10.5. The van der Waals surface area contributed by atoms with Crippen LogP contribution >= 0.6 is 11.3 Å². The summed E-state index contributed by atoms with van der Waals surface area (Å²) < 4.78 is 0. The first-order valence-electron chi connectivity index (χ1n) is 5.62. The van der Waals surface area contributed by atoms with Gasteiger partial charge in [-0.15, -0.1) is 11.3 Å². The summed E-state index contributed by atoms with van der Waals surface area (Å²) in [6.07, 6.45) is 0. The Morgan fingerprint density at radius 1 is 0.938 bits per heavy atom. The molecule has 0 saturated carbocycles. The Kier molecular flexibility index (Phi) is 3.75. The maximum absolute atomic E-state index is 3.61. The van der Waals surface area contributed by atoms with Gasteiger partial charge in [0.25, 0.3) is 0 Å². The van der Waals surface area contributed by atoms with Crippen LogP contribution in [0.25, 0.3) is 0 Å². The highest BCUT2D eigenvalue weighted by Crippen LogP contribution is 2.22. The highest BCUT2D eigenvalue weighted by Gasteiger charge is 2.10. The number of benzene rings is 1. The fourth-order valence-corrected chi connectivity index (χ4v) is 2.58. The van der Waals surface area contributed by atoms with Crippen LogP contribution in [0.15, 0.2) is 47.8 Å². The topological polar surface area (TPSA) is 12.0 Å². The first kappa shape index (κ1) is 11.4.